The number of rotatable bonds is 1. The number of aryl methyl sites for hydroxylation is 1. The SMILES string of the molecule is Cc1ccc(-c2cc3c(cc2O)[C@@]24CCCC[C@H]2[C@@H](C3)NCC4)cc1. The van der Waals surface area contributed by atoms with E-state index in [4.69, 9.17) is 0 Å². The second-order valence-corrected chi connectivity index (χ2v) is 8.42. The van der Waals surface area contributed by atoms with Crippen LogP contribution in [-0.4, -0.2) is 17.7 Å². The number of phenols is 1. The highest BCUT2D eigenvalue weighted by atomic mass is 16.3. The van der Waals surface area contributed by atoms with Crippen LogP contribution < -0.4 is 5.32 Å². The Balaban J connectivity index is 1.65. The predicted molar refractivity (Wildman–Crippen MR) is 102 cm³/mol. The third-order valence-corrected chi connectivity index (χ3v) is 7.12. The topological polar surface area (TPSA) is 32.3 Å². The van der Waals surface area contributed by atoms with Crippen molar-refractivity contribution in [2.24, 2.45) is 5.92 Å². The Morgan fingerprint density at radius 2 is 1.92 bits per heavy atom. The van der Waals surface area contributed by atoms with Crippen LogP contribution in [0.2, 0.25) is 0 Å². The van der Waals surface area contributed by atoms with E-state index in [0.717, 1.165) is 30.0 Å². The summed E-state index contributed by atoms with van der Waals surface area (Å²) < 4.78 is 0. The minimum Gasteiger partial charge on any atom is -0.507 e. The average molecular weight is 333 g/mol. The Bertz CT molecular complexity index is 806. The molecule has 2 bridgehead atoms. The zero-order chi connectivity index (χ0) is 17.0. The molecule has 0 amide bonds. The van der Waals surface area contributed by atoms with Crippen molar-refractivity contribution in [2.75, 3.05) is 6.54 Å². The molecule has 3 aliphatic rings. The molecule has 2 aromatic rings. The molecule has 1 saturated heterocycles. The highest BCUT2D eigenvalue weighted by Crippen LogP contribution is 2.55. The first kappa shape index (κ1) is 15.5. The fourth-order valence-corrected chi connectivity index (χ4v) is 5.94. The molecule has 3 atom stereocenters. The van der Waals surface area contributed by atoms with Gasteiger partial charge < -0.3 is 10.4 Å². The summed E-state index contributed by atoms with van der Waals surface area (Å²) in [5, 5.41) is 14.7. The van der Waals surface area contributed by atoms with Gasteiger partial charge in [-0.25, -0.2) is 0 Å². The summed E-state index contributed by atoms with van der Waals surface area (Å²) in [7, 11) is 0. The largest absolute Gasteiger partial charge is 0.507 e. The van der Waals surface area contributed by atoms with Crippen LogP contribution >= 0.6 is 0 Å². The first-order valence-corrected chi connectivity index (χ1v) is 9.84. The molecule has 1 heterocycles. The summed E-state index contributed by atoms with van der Waals surface area (Å²) in [6, 6.07) is 13.5. The molecule has 2 nitrogen and oxygen atoms in total. The molecule has 2 N–H and O–H groups in total. The molecule has 5 rings (SSSR count). The van der Waals surface area contributed by atoms with Crippen molar-refractivity contribution in [2.45, 2.75) is 56.9 Å². The van der Waals surface area contributed by atoms with E-state index in [1.54, 1.807) is 0 Å². The number of phenolic OH excluding ortho intramolecular Hbond substituents is 1. The number of hydrogen-bond acceptors (Lipinski definition) is 2. The van der Waals surface area contributed by atoms with E-state index in [1.807, 2.05) is 0 Å². The van der Waals surface area contributed by atoms with Gasteiger partial charge in [-0.05, 0) is 73.9 Å². The minimum absolute atomic E-state index is 0.311. The maximum Gasteiger partial charge on any atom is 0.123 e. The zero-order valence-corrected chi connectivity index (χ0v) is 15.0. The maximum absolute atomic E-state index is 10.9. The molecule has 25 heavy (non-hydrogen) atoms. The van der Waals surface area contributed by atoms with E-state index in [0.29, 0.717) is 17.2 Å². The van der Waals surface area contributed by atoms with Gasteiger partial charge in [-0.15, -0.1) is 0 Å². The van der Waals surface area contributed by atoms with Crippen molar-refractivity contribution < 1.29 is 5.11 Å². The van der Waals surface area contributed by atoms with Gasteiger partial charge in [0, 0.05) is 17.0 Å². The Morgan fingerprint density at radius 1 is 1.08 bits per heavy atom. The minimum atomic E-state index is 0.311. The summed E-state index contributed by atoms with van der Waals surface area (Å²) in [4.78, 5) is 0. The van der Waals surface area contributed by atoms with Crippen molar-refractivity contribution in [3.63, 3.8) is 0 Å². The van der Waals surface area contributed by atoms with Gasteiger partial charge in [0.15, 0.2) is 0 Å². The monoisotopic (exact) mass is 333 g/mol. The van der Waals surface area contributed by atoms with Crippen molar-refractivity contribution in [3.8, 4) is 16.9 Å². The van der Waals surface area contributed by atoms with Crippen molar-refractivity contribution in [3.05, 3.63) is 53.1 Å². The highest BCUT2D eigenvalue weighted by molar-refractivity contribution is 5.72. The fraction of sp³-hybridized carbons (Fsp3) is 0.478. The lowest BCUT2D eigenvalue weighted by molar-refractivity contribution is 0.0796. The fourth-order valence-electron chi connectivity index (χ4n) is 5.94. The summed E-state index contributed by atoms with van der Waals surface area (Å²) in [5.74, 6) is 1.21. The van der Waals surface area contributed by atoms with Gasteiger partial charge in [-0.2, -0.15) is 0 Å². The highest BCUT2D eigenvalue weighted by Gasteiger charge is 2.51. The van der Waals surface area contributed by atoms with Crippen LogP contribution in [0.25, 0.3) is 11.1 Å². The quantitative estimate of drug-likeness (QED) is 0.792. The van der Waals surface area contributed by atoms with Gasteiger partial charge in [0.25, 0.3) is 0 Å². The van der Waals surface area contributed by atoms with Crippen molar-refractivity contribution >= 4 is 0 Å². The van der Waals surface area contributed by atoms with Crippen LogP contribution in [0, 0.1) is 12.8 Å². The van der Waals surface area contributed by atoms with Crippen LogP contribution in [0.5, 0.6) is 5.75 Å². The normalized spacial score (nSPS) is 30.4. The first-order valence-electron chi connectivity index (χ1n) is 9.84. The van der Waals surface area contributed by atoms with Crippen molar-refractivity contribution in [1.29, 1.82) is 0 Å². The molecule has 130 valence electrons. The molecule has 1 aliphatic heterocycles. The van der Waals surface area contributed by atoms with Crippen LogP contribution in [-0.2, 0) is 11.8 Å². The second kappa shape index (κ2) is 5.60. The summed E-state index contributed by atoms with van der Waals surface area (Å²) in [6.45, 7) is 3.23. The molecule has 0 aromatic heterocycles. The van der Waals surface area contributed by atoms with E-state index in [2.05, 4.69) is 48.6 Å². The smallest absolute Gasteiger partial charge is 0.123 e. The molecule has 1 saturated carbocycles. The molecular weight excluding hydrogens is 306 g/mol. The van der Waals surface area contributed by atoms with E-state index in [-0.39, 0.29) is 0 Å². The Labute approximate surface area is 150 Å². The predicted octanol–water partition coefficient (Wildman–Crippen LogP) is 4.71. The number of fused-ring (bicyclic) bond motifs is 1. The molecular formula is C23H27NO. The Morgan fingerprint density at radius 3 is 2.76 bits per heavy atom. The van der Waals surface area contributed by atoms with Crippen LogP contribution in [0.3, 0.4) is 0 Å². The van der Waals surface area contributed by atoms with E-state index in [9.17, 15) is 5.11 Å². The summed E-state index contributed by atoms with van der Waals surface area (Å²) >= 11 is 0. The van der Waals surface area contributed by atoms with E-state index < -0.39 is 0 Å². The van der Waals surface area contributed by atoms with Gasteiger partial charge in [-0.1, -0.05) is 42.7 Å². The number of benzene rings is 2. The van der Waals surface area contributed by atoms with Crippen LogP contribution in [0.1, 0.15) is 48.8 Å². The van der Waals surface area contributed by atoms with Crippen molar-refractivity contribution in [1.82, 2.24) is 5.32 Å². The summed E-state index contributed by atoms with van der Waals surface area (Å²) in [5.41, 5.74) is 6.59. The van der Waals surface area contributed by atoms with Gasteiger partial charge in [0.2, 0.25) is 0 Å². The zero-order valence-electron chi connectivity index (χ0n) is 15.0. The number of piperidine rings is 1. The number of aromatic hydroxyl groups is 1. The molecule has 2 fully saturated rings. The number of hydrogen-bond donors (Lipinski definition) is 2. The Hall–Kier alpha value is -1.80. The third-order valence-electron chi connectivity index (χ3n) is 7.12. The third kappa shape index (κ3) is 2.27. The van der Waals surface area contributed by atoms with Gasteiger partial charge in [0.05, 0.1) is 0 Å². The maximum atomic E-state index is 10.9. The van der Waals surface area contributed by atoms with E-state index in [1.165, 1.54) is 48.8 Å². The lowest BCUT2D eigenvalue weighted by Gasteiger charge is -2.56. The standard InChI is InChI=1S/C23H27NO/c1-15-5-7-16(8-6-15)18-12-17-13-21-19-4-2-3-9-23(19,10-11-24-21)20(17)14-22(18)25/h5-8,12,14,19,21,24-25H,2-4,9-11,13H2,1H3/t19-,21+,23+/m0/s1. The van der Waals surface area contributed by atoms with Gasteiger partial charge >= 0.3 is 0 Å². The lowest BCUT2D eigenvalue weighted by Crippen LogP contribution is -2.59. The van der Waals surface area contributed by atoms with Gasteiger partial charge in [-0.3, -0.25) is 0 Å². The van der Waals surface area contributed by atoms with E-state index >= 15 is 0 Å². The molecule has 0 radical (unpaired) electrons. The number of nitrogens with one attached hydrogen (secondary N) is 1. The lowest BCUT2D eigenvalue weighted by atomic mass is 9.52. The second-order valence-electron chi connectivity index (χ2n) is 8.42. The van der Waals surface area contributed by atoms with Crippen LogP contribution in [0.15, 0.2) is 36.4 Å². The molecule has 2 heteroatoms. The summed E-state index contributed by atoms with van der Waals surface area (Å²) in [6.07, 6.45) is 7.69. The molecule has 0 spiro atoms. The Kier molecular flexibility index (Phi) is 3.46. The first-order chi connectivity index (χ1) is 12.2. The van der Waals surface area contributed by atoms with Crippen LogP contribution in [0.4, 0.5) is 0 Å². The molecule has 2 aromatic carbocycles. The molecule has 2 aliphatic carbocycles. The average Bonchev–Trinajstić information content (AvgIpc) is 2.63. The molecule has 0 unspecified atom stereocenters. The van der Waals surface area contributed by atoms with Gasteiger partial charge in [0.1, 0.15) is 5.75 Å².